The molecule has 1 aromatic carbocycles. The molecule has 0 aliphatic rings. The number of aryl methyl sites for hydroxylation is 1. The number of thiophene rings is 1. The van der Waals surface area contributed by atoms with Gasteiger partial charge in [0.25, 0.3) is 0 Å². The summed E-state index contributed by atoms with van der Waals surface area (Å²) in [6.45, 7) is 1.89. The monoisotopic (exact) mass is 287 g/mol. The Morgan fingerprint density at radius 3 is 2.74 bits per heavy atom. The van der Waals surface area contributed by atoms with Crippen LogP contribution in [0.3, 0.4) is 0 Å². The number of hydrogen-bond acceptors (Lipinski definition) is 3. The van der Waals surface area contributed by atoms with Gasteiger partial charge in [0.2, 0.25) is 5.78 Å². The lowest BCUT2D eigenvalue weighted by atomic mass is 10.0. The van der Waals surface area contributed by atoms with Gasteiger partial charge in [-0.05, 0) is 31.2 Å². The molecule has 0 fully saturated rings. The second kappa shape index (κ2) is 4.76. The fourth-order valence-corrected chi connectivity index (χ4v) is 3.06. The van der Waals surface area contributed by atoms with Gasteiger partial charge in [0.05, 0.1) is 14.7 Å². The van der Waals surface area contributed by atoms with Gasteiger partial charge < -0.3 is 0 Å². The predicted molar refractivity (Wildman–Crippen MR) is 79.2 cm³/mol. The van der Waals surface area contributed by atoms with E-state index in [0.29, 0.717) is 14.8 Å². The summed E-state index contributed by atoms with van der Waals surface area (Å²) < 4.78 is 0.624. The Kier molecular flexibility index (Phi) is 3.09. The number of carbonyl (C=O) groups is 1. The lowest BCUT2D eigenvalue weighted by molar-refractivity contribution is 0.104. The highest BCUT2D eigenvalue weighted by Crippen LogP contribution is 2.27. The van der Waals surface area contributed by atoms with Crippen LogP contribution < -0.4 is 0 Å². The van der Waals surface area contributed by atoms with Crippen molar-refractivity contribution < 1.29 is 4.79 Å². The van der Waals surface area contributed by atoms with Gasteiger partial charge in [0, 0.05) is 16.6 Å². The molecule has 2 heterocycles. The number of para-hydroxylation sites is 1. The lowest BCUT2D eigenvalue weighted by Gasteiger charge is -2.05. The summed E-state index contributed by atoms with van der Waals surface area (Å²) in [5, 5.41) is 0.877. The van der Waals surface area contributed by atoms with E-state index in [2.05, 4.69) is 4.98 Å². The van der Waals surface area contributed by atoms with E-state index < -0.39 is 0 Å². The molecule has 2 aromatic heterocycles. The first-order chi connectivity index (χ1) is 9.15. The van der Waals surface area contributed by atoms with Crippen molar-refractivity contribution in [3.05, 3.63) is 62.9 Å². The number of aromatic nitrogens is 1. The molecule has 0 aliphatic heterocycles. The van der Waals surface area contributed by atoms with Crippen LogP contribution in [0.5, 0.6) is 0 Å². The molecule has 4 heteroatoms. The van der Waals surface area contributed by atoms with Crippen molar-refractivity contribution in [3.63, 3.8) is 0 Å². The van der Waals surface area contributed by atoms with E-state index in [1.807, 2.05) is 37.3 Å². The van der Waals surface area contributed by atoms with E-state index >= 15 is 0 Å². The largest absolute Gasteiger partial charge is 0.288 e. The third-order valence-electron chi connectivity index (χ3n) is 2.89. The molecule has 94 valence electrons. The molecule has 0 amide bonds. The molecule has 0 saturated carbocycles. The first-order valence-electron chi connectivity index (χ1n) is 5.81. The molecule has 0 unspecified atom stereocenters. The number of benzene rings is 1. The Balaban J connectivity index is 2.22. The number of nitrogens with zero attached hydrogens (tertiary/aromatic N) is 1. The lowest BCUT2D eigenvalue weighted by Crippen LogP contribution is -2.01. The number of fused-ring (bicyclic) bond motifs is 1. The number of rotatable bonds is 2. The summed E-state index contributed by atoms with van der Waals surface area (Å²) in [6, 6.07) is 13.0. The highest BCUT2D eigenvalue weighted by Gasteiger charge is 2.15. The van der Waals surface area contributed by atoms with Gasteiger partial charge in [-0.3, -0.25) is 9.78 Å². The van der Waals surface area contributed by atoms with Gasteiger partial charge in [-0.1, -0.05) is 29.8 Å². The fraction of sp³-hybridized carbons (Fsp3) is 0.0667. The number of ketones is 1. The standard InChI is InChI=1S/C15H10ClNOS/c1-9-8-11(10-4-2-3-5-12(10)17-9)15(18)13-6-7-14(16)19-13/h2-8H,1H3. The SMILES string of the molecule is Cc1cc(C(=O)c2ccc(Cl)s2)c2ccccc2n1. The summed E-state index contributed by atoms with van der Waals surface area (Å²) in [5.41, 5.74) is 2.36. The van der Waals surface area contributed by atoms with Crippen molar-refractivity contribution in [1.29, 1.82) is 0 Å². The quantitative estimate of drug-likeness (QED) is 0.650. The molecular formula is C15H10ClNOS. The Hall–Kier alpha value is -1.71. The molecule has 0 saturated heterocycles. The van der Waals surface area contributed by atoms with E-state index in [1.54, 1.807) is 12.1 Å². The van der Waals surface area contributed by atoms with Crippen molar-refractivity contribution in [3.8, 4) is 0 Å². The number of carbonyl (C=O) groups excluding carboxylic acids is 1. The highest BCUT2D eigenvalue weighted by molar-refractivity contribution is 7.18. The first kappa shape index (κ1) is 12.3. The zero-order valence-corrected chi connectivity index (χ0v) is 11.8. The van der Waals surface area contributed by atoms with Crippen LogP contribution in [0.4, 0.5) is 0 Å². The maximum Gasteiger partial charge on any atom is 0.203 e. The predicted octanol–water partition coefficient (Wildman–Crippen LogP) is 4.49. The minimum atomic E-state index is -0.00130. The van der Waals surface area contributed by atoms with Crippen molar-refractivity contribution >= 4 is 39.6 Å². The summed E-state index contributed by atoms with van der Waals surface area (Å²) in [5.74, 6) is -0.00130. The summed E-state index contributed by atoms with van der Waals surface area (Å²) in [7, 11) is 0. The van der Waals surface area contributed by atoms with Crippen molar-refractivity contribution in [2.24, 2.45) is 0 Å². The van der Waals surface area contributed by atoms with Gasteiger partial charge in [-0.2, -0.15) is 0 Å². The molecule has 0 bridgehead atoms. The van der Waals surface area contributed by atoms with Gasteiger partial charge >= 0.3 is 0 Å². The highest BCUT2D eigenvalue weighted by atomic mass is 35.5. The van der Waals surface area contributed by atoms with Gasteiger partial charge in [-0.25, -0.2) is 0 Å². The Labute approximate surface area is 119 Å². The second-order valence-corrected chi connectivity index (χ2v) is 5.98. The van der Waals surface area contributed by atoms with Gasteiger partial charge in [0.15, 0.2) is 0 Å². The average molecular weight is 288 g/mol. The zero-order valence-electron chi connectivity index (χ0n) is 10.2. The molecule has 3 aromatic rings. The maximum atomic E-state index is 12.5. The molecule has 3 rings (SSSR count). The first-order valence-corrected chi connectivity index (χ1v) is 7.01. The van der Waals surface area contributed by atoms with Crippen LogP contribution in [0, 0.1) is 6.92 Å². The molecule has 0 N–H and O–H groups in total. The maximum absolute atomic E-state index is 12.5. The number of halogens is 1. The molecule has 0 atom stereocenters. The Bertz CT molecular complexity index is 779. The summed E-state index contributed by atoms with van der Waals surface area (Å²) in [4.78, 5) is 17.6. The second-order valence-electron chi connectivity index (χ2n) is 4.26. The minimum absolute atomic E-state index is 0.00130. The van der Waals surface area contributed by atoms with E-state index in [0.717, 1.165) is 16.6 Å². The van der Waals surface area contributed by atoms with Crippen LogP contribution in [0.1, 0.15) is 20.9 Å². The van der Waals surface area contributed by atoms with Crippen LogP contribution in [-0.4, -0.2) is 10.8 Å². The molecule has 19 heavy (non-hydrogen) atoms. The smallest absolute Gasteiger partial charge is 0.203 e. The Morgan fingerprint density at radius 1 is 1.21 bits per heavy atom. The average Bonchev–Trinajstić information content (AvgIpc) is 2.83. The van der Waals surface area contributed by atoms with Crippen LogP contribution in [0.25, 0.3) is 10.9 Å². The van der Waals surface area contributed by atoms with E-state index in [1.165, 1.54) is 11.3 Å². The number of pyridine rings is 1. The van der Waals surface area contributed by atoms with Crippen LogP contribution >= 0.6 is 22.9 Å². The van der Waals surface area contributed by atoms with E-state index in [-0.39, 0.29) is 5.78 Å². The van der Waals surface area contributed by atoms with Crippen LogP contribution in [0.2, 0.25) is 4.34 Å². The fourth-order valence-electron chi connectivity index (χ4n) is 2.06. The van der Waals surface area contributed by atoms with Crippen molar-refractivity contribution in [1.82, 2.24) is 4.98 Å². The topological polar surface area (TPSA) is 30.0 Å². The molecule has 0 radical (unpaired) electrons. The molecule has 0 aliphatic carbocycles. The molecule has 2 nitrogen and oxygen atoms in total. The van der Waals surface area contributed by atoms with Crippen molar-refractivity contribution in [2.45, 2.75) is 6.92 Å². The third-order valence-corrected chi connectivity index (χ3v) is 4.12. The molecular weight excluding hydrogens is 278 g/mol. The van der Waals surface area contributed by atoms with Crippen LogP contribution in [0.15, 0.2) is 42.5 Å². The third kappa shape index (κ3) is 2.27. The summed E-state index contributed by atoms with van der Waals surface area (Å²) >= 11 is 7.20. The minimum Gasteiger partial charge on any atom is -0.288 e. The molecule has 0 spiro atoms. The Morgan fingerprint density at radius 2 is 2.00 bits per heavy atom. The van der Waals surface area contributed by atoms with Gasteiger partial charge in [0.1, 0.15) is 0 Å². The normalized spacial score (nSPS) is 10.8. The summed E-state index contributed by atoms with van der Waals surface area (Å²) in [6.07, 6.45) is 0. The van der Waals surface area contributed by atoms with E-state index in [4.69, 9.17) is 11.6 Å². The zero-order chi connectivity index (χ0) is 13.4. The van der Waals surface area contributed by atoms with Gasteiger partial charge in [-0.15, -0.1) is 11.3 Å². The number of hydrogen-bond donors (Lipinski definition) is 0. The van der Waals surface area contributed by atoms with Crippen molar-refractivity contribution in [2.75, 3.05) is 0 Å². The van der Waals surface area contributed by atoms with Crippen LogP contribution in [-0.2, 0) is 0 Å². The van der Waals surface area contributed by atoms with E-state index in [9.17, 15) is 4.79 Å².